The number of hydrogen-bond donors (Lipinski definition) is 2. The van der Waals surface area contributed by atoms with E-state index in [0.29, 0.717) is 40.4 Å². The summed E-state index contributed by atoms with van der Waals surface area (Å²) in [6, 6.07) is 3.10. The highest BCUT2D eigenvalue weighted by molar-refractivity contribution is 5.69. The Morgan fingerprint density at radius 2 is 2.08 bits per heavy atom. The number of phenols is 1. The van der Waals surface area contributed by atoms with Crippen LogP contribution in [0.25, 0.3) is 11.3 Å². The molecule has 0 bridgehead atoms. The zero-order valence-corrected chi connectivity index (χ0v) is 14.5. The van der Waals surface area contributed by atoms with Crippen molar-refractivity contribution in [2.45, 2.75) is 32.7 Å². The molecule has 2 aliphatic rings. The molecule has 0 unspecified atom stereocenters. The summed E-state index contributed by atoms with van der Waals surface area (Å²) in [7, 11) is 0. The maximum Gasteiger partial charge on any atom is 0.245 e. The summed E-state index contributed by atoms with van der Waals surface area (Å²) in [5, 5.41) is 22.1. The van der Waals surface area contributed by atoms with E-state index >= 15 is 0 Å². The molecule has 2 atom stereocenters. The van der Waals surface area contributed by atoms with Gasteiger partial charge in [0.1, 0.15) is 17.3 Å². The Morgan fingerprint density at radius 1 is 1.24 bits per heavy atom. The van der Waals surface area contributed by atoms with Crippen LogP contribution in [-0.4, -0.2) is 46.0 Å². The highest BCUT2D eigenvalue weighted by Crippen LogP contribution is 2.34. The van der Waals surface area contributed by atoms with Crippen LogP contribution >= 0.6 is 0 Å². The molecule has 6 nitrogen and oxygen atoms in total. The first kappa shape index (κ1) is 16.2. The minimum absolute atomic E-state index is 0.0106. The lowest BCUT2D eigenvalue weighted by Gasteiger charge is -2.32. The second-order valence-electron chi connectivity index (χ2n) is 6.97. The summed E-state index contributed by atoms with van der Waals surface area (Å²) < 4.78 is 13.9. The fourth-order valence-corrected chi connectivity index (χ4v) is 3.94. The smallest absolute Gasteiger partial charge is 0.245 e. The number of anilines is 1. The molecule has 1 aromatic carbocycles. The average molecular weight is 343 g/mol. The Bertz CT molecular complexity index is 812. The maximum absolute atomic E-state index is 13.9. The van der Waals surface area contributed by atoms with Crippen LogP contribution in [0, 0.1) is 25.6 Å². The van der Waals surface area contributed by atoms with Crippen LogP contribution in [0.4, 0.5) is 10.3 Å². The molecule has 7 heteroatoms. The van der Waals surface area contributed by atoms with Gasteiger partial charge in [-0.1, -0.05) is 0 Å². The molecule has 0 amide bonds. The summed E-state index contributed by atoms with van der Waals surface area (Å²) in [6.45, 7) is 6.38. The van der Waals surface area contributed by atoms with Crippen molar-refractivity contribution in [3.05, 3.63) is 29.2 Å². The van der Waals surface area contributed by atoms with E-state index in [2.05, 4.69) is 25.4 Å². The molecule has 2 N–H and O–H groups in total. The van der Waals surface area contributed by atoms with E-state index in [1.54, 1.807) is 6.92 Å². The number of phenolic OH excluding ortho intramolecular Hbond substituents is 1. The molecule has 1 aromatic heterocycles. The Kier molecular flexibility index (Phi) is 4.03. The number of hydrogen-bond acceptors (Lipinski definition) is 6. The molecule has 4 rings (SSSR count). The van der Waals surface area contributed by atoms with E-state index in [9.17, 15) is 9.50 Å². The first-order chi connectivity index (χ1) is 12.0. The Morgan fingerprint density at radius 3 is 2.88 bits per heavy atom. The number of nitrogens with one attached hydrogen (secondary N) is 1. The Hall–Kier alpha value is -2.28. The van der Waals surface area contributed by atoms with Crippen molar-refractivity contribution in [1.29, 1.82) is 0 Å². The quantitative estimate of drug-likeness (QED) is 0.871. The highest BCUT2D eigenvalue weighted by Gasteiger charge is 2.37. The monoisotopic (exact) mass is 343 g/mol. The lowest BCUT2D eigenvalue weighted by Crippen LogP contribution is -2.46. The second-order valence-corrected chi connectivity index (χ2v) is 6.97. The first-order valence-corrected chi connectivity index (χ1v) is 8.72. The van der Waals surface area contributed by atoms with Gasteiger partial charge < -0.3 is 15.3 Å². The van der Waals surface area contributed by atoms with Crippen LogP contribution in [0.5, 0.6) is 5.75 Å². The van der Waals surface area contributed by atoms with Gasteiger partial charge in [-0.25, -0.2) is 9.37 Å². The van der Waals surface area contributed by atoms with Crippen molar-refractivity contribution in [3.8, 4) is 17.0 Å². The van der Waals surface area contributed by atoms with E-state index in [1.807, 2.05) is 6.92 Å². The zero-order chi connectivity index (χ0) is 17.6. The molecule has 25 heavy (non-hydrogen) atoms. The van der Waals surface area contributed by atoms with Crippen LogP contribution in [0.1, 0.15) is 24.1 Å². The van der Waals surface area contributed by atoms with E-state index < -0.39 is 0 Å². The molecular formula is C18H22FN5O. The molecule has 2 saturated heterocycles. The van der Waals surface area contributed by atoms with Gasteiger partial charge in [0.25, 0.3) is 0 Å². The lowest BCUT2D eigenvalue weighted by molar-refractivity contribution is 0.357. The number of fused-ring (bicyclic) bond motifs is 1. The van der Waals surface area contributed by atoms with E-state index in [-0.39, 0.29) is 11.6 Å². The fourth-order valence-electron chi connectivity index (χ4n) is 3.94. The first-order valence-electron chi connectivity index (χ1n) is 8.72. The number of aromatic nitrogens is 3. The summed E-state index contributed by atoms with van der Waals surface area (Å²) in [4.78, 5) is 6.83. The highest BCUT2D eigenvalue weighted by atomic mass is 19.1. The predicted octanol–water partition coefficient (Wildman–Crippen LogP) is 2.19. The van der Waals surface area contributed by atoms with E-state index in [4.69, 9.17) is 0 Å². The normalized spacial score (nSPS) is 22.9. The molecule has 2 aromatic rings. The van der Waals surface area contributed by atoms with Crippen molar-refractivity contribution in [1.82, 2.24) is 20.5 Å². The molecule has 0 radical (unpaired) electrons. The SMILES string of the molecule is Cc1cc(O)c(-c2nnc(N3CC[C@@H]4CCNC[C@@H]43)nc2C)cc1F. The Labute approximate surface area is 146 Å². The molecule has 2 aliphatic heterocycles. The van der Waals surface area contributed by atoms with Crippen molar-refractivity contribution >= 4 is 5.95 Å². The predicted molar refractivity (Wildman–Crippen MR) is 93.1 cm³/mol. The maximum atomic E-state index is 13.9. The van der Waals surface area contributed by atoms with Gasteiger partial charge >= 0.3 is 0 Å². The topological polar surface area (TPSA) is 74.2 Å². The number of aromatic hydroxyl groups is 1. The molecule has 3 heterocycles. The van der Waals surface area contributed by atoms with Gasteiger partial charge in [-0.05, 0) is 56.8 Å². The third kappa shape index (κ3) is 2.82. The van der Waals surface area contributed by atoms with Crippen molar-refractivity contribution in [2.75, 3.05) is 24.5 Å². The number of halogens is 1. The molecule has 0 saturated carbocycles. The van der Waals surface area contributed by atoms with Gasteiger partial charge in [-0.2, -0.15) is 0 Å². The minimum Gasteiger partial charge on any atom is -0.507 e. The number of rotatable bonds is 2. The van der Waals surface area contributed by atoms with Gasteiger partial charge in [0.05, 0.1) is 5.69 Å². The third-order valence-electron chi connectivity index (χ3n) is 5.37. The molecule has 0 spiro atoms. The molecule has 0 aliphatic carbocycles. The number of benzene rings is 1. The number of nitrogens with zero attached hydrogens (tertiary/aromatic N) is 4. The zero-order valence-electron chi connectivity index (χ0n) is 14.5. The van der Waals surface area contributed by atoms with Crippen molar-refractivity contribution < 1.29 is 9.50 Å². The van der Waals surface area contributed by atoms with Crippen LogP contribution < -0.4 is 10.2 Å². The Balaban J connectivity index is 1.67. The molecule has 2 fully saturated rings. The van der Waals surface area contributed by atoms with Gasteiger partial charge in [-0.3, -0.25) is 0 Å². The van der Waals surface area contributed by atoms with Crippen LogP contribution in [0.15, 0.2) is 12.1 Å². The van der Waals surface area contributed by atoms with Gasteiger partial charge in [0.15, 0.2) is 0 Å². The second kappa shape index (κ2) is 6.22. The molecule has 132 valence electrons. The van der Waals surface area contributed by atoms with Crippen molar-refractivity contribution in [3.63, 3.8) is 0 Å². The molecular weight excluding hydrogens is 321 g/mol. The van der Waals surface area contributed by atoms with Crippen molar-refractivity contribution in [2.24, 2.45) is 5.92 Å². The minimum atomic E-state index is -0.381. The lowest BCUT2D eigenvalue weighted by atomic mass is 9.93. The fraction of sp³-hybridized carbons (Fsp3) is 0.500. The van der Waals surface area contributed by atoms with Crippen LogP contribution in [0.3, 0.4) is 0 Å². The number of piperidine rings is 1. The number of aryl methyl sites for hydroxylation is 2. The van der Waals surface area contributed by atoms with Crippen LogP contribution in [0.2, 0.25) is 0 Å². The third-order valence-corrected chi connectivity index (χ3v) is 5.37. The summed E-state index contributed by atoms with van der Waals surface area (Å²) in [5.41, 5.74) is 1.77. The van der Waals surface area contributed by atoms with Crippen LogP contribution in [-0.2, 0) is 0 Å². The standard InChI is InChI=1S/C18H22FN5O/c1-10-7-16(25)13(8-14(10)19)17-11(2)21-18(23-22-17)24-6-4-12-3-5-20-9-15(12)24/h7-8,12,15,20,25H,3-6,9H2,1-2H3/t12-,15-/m0/s1. The average Bonchev–Trinajstić information content (AvgIpc) is 3.02. The van der Waals surface area contributed by atoms with E-state index in [0.717, 1.165) is 26.1 Å². The summed E-state index contributed by atoms with van der Waals surface area (Å²) in [5.74, 6) is 0.905. The largest absolute Gasteiger partial charge is 0.507 e. The van der Waals surface area contributed by atoms with Gasteiger partial charge in [-0.15, -0.1) is 10.2 Å². The van der Waals surface area contributed by atoms with Gasteiger partial charge in [0, 0.05) is 24.7 Å². The summed E-state index contributed by atoms with van der Waals surface area (Å²) >= 11 is 0. The van der Waals surface area contributed by atoms with Gasteiger partial charge in [0.2, 0.25) is 5.95 Å². The van der Waals surface area contributed by atoms with E-state index in [1.165, 1.54) is 18.6 Å². The summed E-state index contributed by atoms with van der Waals surface area (Å²) in [6.07, 6.45) is 2.34.